The molecule has 1 aliphatic heterocycles. The summed E-state index contributed by atoms with van der Waals surface area (Å²) in [6.45, 7) is 0. The van der Waals surface area contributed by atoms with Crippen LogP contribution < -0.4 is 4.90 Å². The van der Waals surface area contributed by atoms with Gasteiger partial charge in [-0.05, 0) is 42.5 Å². The number of carbonyl (C=O) groups is 1. The van der Waals surface area contributed by atoms with Crippen LogP contribution in [0.1, 0.15) is 11.1 Å². The van der Waals surface area contributed by atoms with Gasteiger partial charge in [0.2, 0.25) is 5.95 Å². The molecule has 0 saturated carbocycles. The lowest BCUT2D eigenvalue weighted by Crippen LogP contribution is -2.33. The molecule has 174 valence electrons. The van der Waals surface area contributed by atoms with Crippen molar-refractivity contribution in [3.63, 3.8) is 0 Å². The van der Waals surface area contributed by atoms with Crippen LogP contribution in [0.2, 0.25) is 0 Å². The molecule has 6 nitrogen and oxygen atoms in total. The van der Waals surface area contributed by atoms with Crippen LogP contribution in [0.5, 0.6) is 5.75 Å². The number of para-hydroxylation sites is 1. The molecule has 36 heavy (non-hydrogen) atoms. The maximum atomic E-state index is 13.6. The predicted octanol–water partition coefficient (Wildman–Crippen LogP) is 6.25. The molecule has 1 aliphatic rings. The SMILES string of the molecule is O=C1C(=Cc2ccccc2O)N=C(c2ccccc2)N1c1nc2ccc(Sc3ccccc3)cc2[nH]1. The standard InChI is InChI=1S/C29H20N4O2S/c34-26-14-8-7-11-20(26)17-25-28(35)33(27(30-25)19-9-3-1-4-10-19)29-31-23-16-15-22(18-24(23)32-29)36-21-12-5-2-6-13-21/h1-18,34H,(H,31,32). The monoisotopic (exact) mass is 488 g/mol. The van der Waals surface area contributed by atoms with Crippen LogP contribution in [0.4, 0.5) is 5.95 Å². The first-order chi connectivity index (χ1) is 17.7. The van der Waals surface area contributed by atoms with E-state index in [2.05, 4.69) is 22.1 Å². The summed E-state index contributed by atoms with van der Waals surface area (Å²) in [4.78, 5) is 30.0. The lowest BCUT2D eigenvalue weighted by atomic mass is 10.1. The molecule has 2 heterocycles. The first-order valence-electron chi connectivity index (χ1n) is 11.4. The lowest BCUT2D eigenvalue weighted by Gasteiger charge is -2.15. The zero-order valence-electron chi connectivity index (χ0n) is 19.0. The number of phenolic OH excluding ortho intramolecular Hbond substituents is 1. The van der Waals surface area contributed by atoms with Crippen LogP contribution in [-0.4, -0.2) is 26.8 Å². The number of nitrogens with zero attached hydrogens (tertiary/aromatic N) is 3. The van der Waals surface area contributed by atoms with E-state index in [-0.39, 0.29) is 17.4 Å². The second kappa shape index (κ2) is 9.20. The van der Waals surface area contributed by atoms with E-state index < -0.39 is 0 Å². The number of anilines is 1. The molecule has 0 fully saturated rings. The van der Waals surface area contributed by atoms with E-state index in [0.717, 1.165) is 26.4 Å². The number of fused-ring (bicyclic) bond motifs is 1. The summed E-state index contributed by atoms with van der Waals surface area (Å²) in [5.74, 6) is 0.621. The van der Waals surface area contributed by atoms with Gasteiger partial charge in [-0.2, -0.15) is 0 Å². The molecule has 0 saturated heterocycles. The van der Waals surface area contributed by atoms with E-state index in [1.807, 2.05) is 66.7 Å². The number of benzene rings is 4. The Hall–Kier alpha value is -4.62. The van der Waals surface area contributed by atoms with E-state index >= 15 is 0 Å². The molecule has 1 amide bonds. The summed E-state index contributed by atoms with van der Waals surface area (Å²) >= 11 is 1.66. The number of hydrogen-bond donors (Lipinski definition) is 2. The number of aliphatic imine (C=N–C) groups is 1. The predicted molar refractivity (Wildman–Crippen MR) is 143 cm³/mol. The van der Waals surface area contributed by atoms with Gasteiger partial charge < -0.3 is 10.1 Å². The smallest absolute Gasteiger partial charge is 0.285 e. The average Bonchev–Trinajstić information content (AvgIpc) is 3.47. The zero-order valence-corrected chi connectivity index (χ0v) is 19.8. The first-order valence-corrected chi connectivity index (χ1v) is 12.2. The third-order valence-electron chi connectivity index (χ3n) is 5.75. The molecule has 2 N–H and O–H groups in total. The van der Waals surface area contributed by atoms with Crippen molar-refractivity contribution in [2.24, 2.45) is 4.99 Å². The Morgan fingerprint density at radius 3 is 2.33 bits per heavy atom. The van der Waals surface area contributed by atoms with Gasteiger partial charge in [-0.15, -0.1) is 0 Å². The number of rotatable bonds is 5. The summed E-state index contributed by atoms with van der Waals surface area (Å²) in [5, 5.41) is 10.2. The Bertz CT molecular complexity index is 1640. The molecule has 1 aromatic heterocycles. The second-order valence-corrected chi connectivity index (χ2v) is 9.33. The molecule has 0 radical (unpaired) electrons. The highest BCUT2D eigenvalue weighted by molar-refractivity contribution is 7.99. The minimum absolute atomic E-state index is 0.0832. The molecule has 0 aliphatic carbocycles. The summed E-state index contributed by atoms with van der Waals surface area (Å²) in [5.41, 5.74) is 3.10. The highest BCUT2D eigenvalue weighted by Gasteiger charge is 2.34. The summed E-state index contributed by atoms with van der Waals surface area (Å²) in [7, 11) is 0. The number of aromatic nitrogens is 2. The zero-order chi connectivity index (χ0) is 24.5. The van der Waals surface area contributed by atoms with Gasteiger partial charge in [-0.1, -0.05) is 78.5 Å². The maximum Gasteiger partial charge on any atom is 0.285 e. The number of hydrogen-bond acceptors (Lipinski definition) is 5. The van der Waals surface area contributed by atoms with Gasteiger partial charge in [0.05, 0.1) is 11.0 Å². The topological polar surface area (TPSA) is 81.6 Å². The van der Waals surface area contributed by atoms with Crippen LogP contribution in [0.25, 0.3) is 17.1 Å². The Balaban J connectivity index is 1.40. The largest absolute Gasteiger partial charge is 0.507 e. The minimum atomic E-state index is -0.324. The number of aromatic hydroxyl groups is 1. The van der Waals surface area contributed by atoms with Crippen molar-refractivity contribution < 1.29 is 9.90 Å². The number of nitrogens with one attached hydrogen (secondary N) is 1. The summed E-state index contributed by atoms with van der Waals surface area (Å²) < 4.78 is 0. The quantitative estimate of drug-likeness (QED) is 0.286. The fraction of sp³-hybridized carbons (Fsp3) is 0. The fourth-order valence-electron chi connectivity index (χ4n) is 4.02. The number of imidazole rings is 1. The number of aromatic amines is 1. The minimum Gasteiger partial charge on any atom is -0.507 e. The van der Waals surface area contributed by atoms with E-state index in [9.17, 15) is 9.90 Å². The Labute approximate surface area is 211 Å². The number of phenols is 1. The molecule has 6 rings (SSSR count). The molecule has 5 aromatic rings. The van der Waals surface area contributed by atoms with Crippen LogP contribution in [0.3, 0.4) is 0 Å². The number of amides is 1. The van der Waals surface area contributed by atoms with Crippen LogP contribution in [0.15, 0.2) is 124 Å². The number of amidine groups is 1. The highest BCUT2D eigenvalue weighted by Crippen LogP contribution is 2.32. The number of H-pyrrole nitrogens is 1. The maximum absolute atomic E-state index is 13.6. The van der Waals surface area contributed by atoms with Crippen molar-refractivity contribution in [1.29, 1.82) is 0 Å². The highest BCUT2D eigenvalue weighted by atomic mass is 32.2. The van der Waals surface area contributed by atoms with Crippen molar-refractivity contribution in [2.45, 2.75) is 9.79 Å². The third-order valence-corrected chi connectivity index (χ3v) is 6.75. The molecule has 0 unspecified atom stereocenters. The van der Waals surface area contributed by atoms with Crippen molar-refractivity contribution in [3.8, 4) is 5.75 Å². The fourth-order valence-corrected chi connectivity index (χ4v) is 4.90. The molecule has 4 aromatic carbocycles. The average molecular weight is 489 g/mol. The lowest BCUT2D eigenvalue weighted by molar-refractivity contribution is -0.113. The molecular weight excluding hydrogens is 468 g/mol. The van der Waals surface area contributed by atoms with Crippen molar-refractivity contribution in [2.75, 3.05) is 4.90 Å². The third kappa shape index (κ3) is 4.16. The van der Waals surface area contributed by atoms with E-state index in [1.165, 1.54) is 4.90 Å². The van der Waals surface area contributed by atoms with Crippen molar-refractivity contribution >= 4 is 46.6 Å². The molecule has 0 atom stereocenters. The van der Waals surface area contributed by atoms with Gasteiger partial charge in [-0.25, -0.2) is 14.9 Å². The van der Waals surface area contributed by atoms with Gasteiger partial charge in [0.15, 0.2) is 5.84 Å². The summed E-state index contributed by atoms with van der Waals surface area (Å²) in [6.07, 6.45) is 1.60. The number of carbonyl (C=O) groups excluding carboxylic acids is 1. The van der Waals surface area contributed by atoms with Crippen molar-refractivity contribution in [1.82, 2.24) is 9.97 Å². The molecular formula is C29H20N4O2S. The summed E-state index contributed by atoms with van der Waals surface area (Å²) in [6, 6.07) is 32.5. The van der Waals surface area contributed by atoms with E-state index in [0.29, 0.717) is 17.3 Å². The Morgan fingerprint density at radius 2 is 1.56 bits per heavy atom. The van der Waals surface area contributed by atoms with E-state index in [1.54, 1.807) is 42.1 Å². The van der Waals surface area contributed by atoms with Crippen LogP contribution >= 0.6 is 11.8 Å². The van der Waals surface area contributed by atoms with E-state index in [4.69, 9.17) is 4.98 Å². The molecule has 0 spiro atoms. The molecule has 7 heteroatoms. The first kappa shape index (κ1) is 21.9. The van der Waals surface area contributed by atoms with Crippen molar-refractivity contribution in [3.05, 3.63) is 120 Å². The Kier molecular flexibility index (Phi) is 5.59. The van der Waals surface area contributed by atoms with Gasteiger partial charge in [0, 0.05) is 20.9 Å². The Morgan fingerprint density at radius 1 is 0.833 bits per heavy atom. The van der Waals surface area contributed by atoms with Gasteiger partial charge >= 0.3 is 0 Å². The van der Waals surface area contributed by atoms with Crippen LogP contribution in [-0.2, 0) is 4.79 Å². The van der Waals surface area contributed by atoms with Crippen LogP contribution in [0, 0.1) is 0 Å². The second-order valence-electron chi connectivity index (χ2n) is 8.18. The normalized spacial score (nSPS) is 14.6. The van der Waals surface area contributed by atoms with Gasteiger partial charge in [0.25, 0.3) is 5.91 Å². The van der Waals surface area contributed by atoms with Gasteiger partial charge in [-0.3, -0.25) is 4.79 Å². The molecule has 0 bridgehead atoms. The van der Waals surface area contributed by atoms with Gasteiger partial charge in [0.1, 0.15) is 11.4 Å².